The molecule has 2 nitrogen and oxygen atoms in total. The first-order valence-electron chi connectivity index (χ1n) is 5.66. The van der Waals surface area contributed by atoms with Crippen molar-refractivity contribution in [3.63, 3.8) is 0 Å². The van der Waals surface area contributed by atoms with Crippen molar-refractivity contribution in [2.75, 3.05) is 0 Å². The average Bonchev–Trinajstić information content (AvgIpc) is 2.87. The molecule has 0 saturated heterocycles. The minimum absolute atomic E-state index is 0.400. The maximum atomic E-state index is 5.09. The highest BCUT2D eigenvalue weighted by Gasteiger charge is 2.01. The van der Waals surface area contributed by atoms with E-state index >= 15 is 0 Å². The second-order valence-corrected chi connectivity index (χ2v) is 4.38. The second-order valence-electron chi connectivity index (χ2n) is 4.01. The summed E-state index contributed by atoms with van der Waals surface area (Å²) >= 11 is 4.91. The van der Waals surface area contributed by atoms with E-state index in [1.807, 2.05) is 18.2 Å². The first-order valence-corrected chi connectivity index (χ1v) is 6.07. The molecule has 1 heterocycles. The van der Waals surface area contributed by atoms with Gasteiger partial charge < -0.3 is 9.40 Å². The zero-order valence-electron chi connectivity index (χ0n) is 9.59. The Labute approximate surface area is 110 Å². The molecule has 88 valence electrons. The minimum Gasteiger partial charge on any atom is -0.437 e. The Hall–Kier alpha value is -2.13. The average molecular weight is 253 g/mol. The molecule has 1 aromatic heterocycles. The lowest BCUT2D eigenvalue weighted by Gasteiger charge is -2.02. The third-order valence-electron chi connectivity index (χ3n) is 2.82. The minimum atomic E-state index is 0.400. The molecule has 0 amide bonds. The summed E-state index contributed by atoms with van der Waals surface area (Å²) in [6.45, 7) is 0. The van der Waals surface area contributed by atoms with Crippen LogP contribution in [0.1, 0.15) is 0 Å². The van der Waals surface area contributed by atoms with Gasteiger partial charge in [0.1, 0.15) is 6.26 Å². The van der Waals surface area contributed by atoms with Crippen LogP contribution in [-0.2, 0) is 0 Å². The Morgan fingerprint density at radius 1 is 0.778 bits per heavy atom. The highest BCUT2D eigenvalue weighted by molar-refractivity contribution is 7.71. The summed E-state index contributed by atoms with van der Waals surface area (Å²) in [5, 5.41) is 0. The van der Waals surface area contributed by atoms with Gasteiger partial charge >= 0.3 is 0 Å². The van der Waals surface area contributed by atoms with E-state index in [0.717, 1.165) is 11.3 Å². The number of benzene rings is 2. The monoisotopic (exact) mass is 253 g/mol. The molecule has 0 fully saturated rings. The summed E-state index contributed by atoms with van der Waals surface area (Å²) in [6.07, 6.45) is 1.64. The summed E-state index contributed by atoms with van der Waals surface area (Å²) in [7, 11) is 0. The van der Waals surface area contributed by atoms with E-state index in [1.54, 1.807) is 6.26 Å². The Kier molecular flexibility index (Phi) is 2.82. The molecule has 0 radical (unpaired) electrons. The lowest BCUT2D eigenvalue weighted by Crippen LogP contribution is -1.79. The topological polar surface area (TPSA) is 28.9 Å². The van der Waals surface area contributed by atoms with Crippen molar-refractivity contribution in [3.8, 4) is 22.4 Å². The van der Waals surface area contributed by atoms with Gasteiger partial charge in [-0.2, -0.15) is 0 Å². The molecule has 0 aliphatic heterocycles. The Bertz CT molecular complexity index is 695. The molecule has 3 rings (SSSR count). The maximum Gasteiger partial charge on any atom is 0.266 e. The van der Waals surface area contributed by atoms with E-state index in [9.17, 15) is 0 Å². The molecular formula is C15H11NOS. The van der Waals surface area contributed by atoms with Gasteiger partial charge in [-0.05, 0) is 23.3 Å². The largest absolute Gasteiger partial charge is 0.437 e. The molecule has 0 atom stereocenters. The van der Waals surface area contributed by atoms with Crippen LogP contribution in [0.25, 0.3) is 22.4 Å². The van der Waals surface area contributed by atoms with E-state index in [-0.39, 0.29) is 0 Å². The summed E-state index contributed by atoms with van der Waals surface area (Å²) in [6, 6.07) is 18.6. The quantitative estimate of drug-likeness (QED) is 0.672. The van der Waals surface area contributed by atoms with Crippen molar-refractivity contribution in [2.24, 2.45) is 0 Å². The molecule has 1 N–H and O–H groups in total. The Balaban J connectivity index is 1.97. The number of rotatable bonds is 2. The van der Waals surface area contributed by atoms with Gasteiger partial charge in [-0.1, -0.05) is 54.6 Å². The molecule has 2 aromatic carbocycles. The maximum absolute atomic E-state index is 5.09. The van der Waals surface area contributed by atoms with Crippen LogP contribution in [0.5, 0.6) is 0 Å². The smallest absolute Gasteiger partial charge is 0.266 e. The molecule has 3 heteroatoms. The number of oxazole rings is 1. The third kappa shape index (κ3) is 2.13. The van der Waals surface area contributed by atoms with Crippen LogP contribution in [0.3, 0.4) is 0 Å². The standard InChI is InChI=1S/C15H11NOS/c18-15-16-14(10-17-15)13-8-6-12(7-9-13)11-4-2-1-3-5-11/h1-10H,(H,16,18). The first-order chi connectivity index (χ1) is 8.83. The van der Waals surface area contributed by atoms with Gasteiger partial charge in [0.05, 0.1) is 5.69 Å². The number of hydrogen-bond acceptors (Lipinski definition) is 2. The summed E-state index contributed by atoms with van der Waals surface area (Å²) < 4.78 is 5.09. The van der Waals surface area contributed by atoms with Crippen LogP contribution in [0, 0.1) is 4.84 Å². The number of aromatic amines is 1. The van der Waals surface area contributed by atoms with Crippen LogP contribution in [0.4, 0.5) is 0 Å². The van der Waals surface area contributed by atoms with Crippen molar-refractivity contribution >= 4 is 12.2 Å². The van der Waals surface area contributed by atoms with E-state index in [1.165, 1.54) is 11.1 Å². The molecular weight excluding hydrogens is 242 g/mol. The Morgan fingerprint density at radius 3 is 2.00 bits per heavy atom. The highest BCUT2D eigenvalue weighted by atomic mass is 32.1. The normalized spacial score (nSPS) is 10.4. The zero-order chi connectivity index (χ0) is 12.4. The fourth-order valence-corrected chi connectivity index (χ4v) is 2.05. The number of aromatic nitrogens is 1. The number of hydrogen-bond donors (Lipinski definition) is 1. The lowest BCUT2D eigenvalue weighted by atomic mass is 10.0. The van der Waals surface area contributed by atoms with Gasteiger partial charge in [-0.3, -0.25) is 0 Å². The van der Waals surface area contributed by atoms with E-state index in [0.29, 0.717) is 4.84 Å². The predicted octanol–water partition coefficient (Wildman–Crippen LogP) is 4.67. The molecule has 0 bridgehead atoms. The molecule has 0 saturated carbocycles. The lowest BCUT2D eigenvalue weighted by molar-refractivity contribution is 0.541. The van der Waals surface area contributed by atoms with Crippen LogP contribution >= 0.6 is 12.2 Å². The van der Waals surface area contributed by atoms with E-state index < -0.39 is 0 Å². The summed E-state index contributed by atoms with van der Waals surface area (Å²) in [5.41, 5.74) is 4.37. The van der Waals surface area contributed by atoms with Gasteiger partial charge in [0.2, 0.25) is 0 Å². The SMILES string of the molecule is S=c1[nH]c(-c2ccc(-c3ccccc3)cc2)co1. The third-order valence-corrected chi connectivity index (χ3v) is 3.02. The van der Waals surface area contributed by atoms with Crippen LogP contribution in [0.15, 0.2) is 65.3 Å². The van der Waals surface area contributed by atoms with E-state index in [2.05, 4.69) is 41.4 Å². The van der Waals surface area contributed by atoms with Crippen molar-refractivity contribution in [1.82, 2.24) is 4.98 Å². The molecule has 18 heavy (non-hydrogen) atoms. The van der Waals surface area contributed by atoms with Crippen LogP contribution < -0.4 is 0 Å². The van der Waals surface area contributed by atoms with Gasteiger partial charge in [0, 0.05) is 5.56 Å². The summed E-state index contributed by atoms with van der Waals surface area (Å²) in [5.74, 6) is 0. The van der Waals surface area contributed by atoms with Crippen LogP contribution in [-0.4, -0.2) is 4.98 Å². The Morgan fingerprint density at radius 2 is 1.39 bits per heavy atom. The molecule has 0 aliphatic rings. The fraction of sp³-hybridized carbons (Fsp3) is 0. The fourth-order valence-electron chi connectivity index (χ4n) is 1.89. The van der Waals surface area contributed by atoms with Gasteiger partial charge in [0.15, 0.2) is 0 Å². The van der Waals surface area contributed by atoms with E-state index in [4.69, 9.17) is 16.6 Å². The van der Waals surface area contributed by atoms with Crippen molar-refractivity contribution in [1.29, 1.82) is 0 Å². The van der Waals surface area contributed by atoms with Crippen molar-refractivity contribution < 1.29 is 4.42 Å². The first kappa shape index (κ1) is 11.0. The molecule has 0 spiro atoms. The summed E-state index contributed by atoms with van der Waals surface area (Å²) in [4.78, 5) is 3.40. The number of nitrogens with one attached hydrogen (secondary N) is 1. The predicted molar refractivity (Wildman–Crippen MR) is 74.8 cm³/mol. The molecule has 3 aromatic rings. The van der Waals surface area contributed by atoms with Gasteiger partial charge in [0.25, 0.3) is 4.84 Å². The number of H-pyrrole nitrogens is 1. The molecule has 0 aliphatic carbocycles. The second kappa shape index (κ2) is 4.63. The molecule has 0 unspecified atom stereocenters. The van der Waals surface area contributed by atoms with Crippen molar-refractivity contribution in [2.45, 2.75) is 0 Å². The zero-order valence-corrected chi connectivity index (χ0v) is 10.4. The van der Waals surface area contributed by atoms with Gasteiger partial charge in [-0.15, -0.1) is 0 Å². The van der Waals surface area contributed by atoms with Crippen LogP contribution in [0.2, 0.25) is 0 Å². The highest BCUT2D eigenvalue weighted by Crippen LogP contribution is 2.23. The van der Waals surface area contributed by atoms with Gasteiger partial charge in [-0.25, -0.2) is 0 Å². The van der Waals surface area contributed by atoms with Crippen molar-refractivity contribution in [3.05, 3.63) is 65.7 Å².